The van der Waals surface area contributed by atoms with E-state index in [1.54, 1.807) is 11.3 Å². The van der Waals surface area contributed by atoms with Gasteiger partial charge in [0, 0.05) is 18.0 Å². The molecule has 0 amide bonds. The van der Waals surface area contributed by atoms with Crippen LogP contribution in [0, 0.1) is 11.3 Å². The van der Waals surface area contributed by atoms with E-state index in [2.05, 4.69) is 43.4 Å². The van der Waals surface area contributed by atoms with Gasteiger partial charge in [-0.25, -0.2) is 4.98 Å². The first-order chi connectivity index (χ1) is 7.49. The summed E-state index contributed by atoms with van der Waals surface area (Å²) in [7, 11) is 0. The summed E-state index contributed by atoms with van der Waals surface area (Å²) in [6.07, 6.45) is 4.19. The molecule has 3 heteroatoms. The van der Waals surface area contributed by atoms with E-state index in [1.165, 1.54) is 11.4 Å². The van der Waals surface area contributed by atoms with Crippen LogP contribution in [-0.4, -0.2) is 18.1 Å². The molecule has 0 aliphatic heterocycles. The number of aromatic nitrogens is 1. The lowest BCUT2D eigenvalue weighted by Crippen LogP contribution is -2.26. The normalized spacial score (nSPS) is 12.3. The molecular formula is C13H24N2S. The highest BCUT2D eigenvalue weighted by Crippen LogP contribution is 2.26. The molecule has 2 nitrogen and oxygen atoms in total. The first kappa shape index (κ1) is 13.7. The Bertz CT molecular complexity index is 278. The van der Waals surface area contributed by atoms with Gasteiger partial charge in [-0.2, -0.15) is 0 Å². The Morgan fingerprint density at radius 1 is 1.44 bits per heavy atom. The van der Waals surface area contributed by atoms with Gasteiger partial charge in [-0.15, -0.1) is 11.3 Å². The number of nitrogens with one attached hydrogen (secondary N) is 1. The van der Waals surface area contributed by atoms with Gasteiger partial charge in [0.25, 0.3) is 0 Å². The van der Waals surface area contributed by atoms with Crippen molar-refractivity contribution >= 4 is 11.3 Å². The minimum absolute atomic E-state index is 0.349. The second-order valence-corrected chi connectivity index (χ2v) is 6.59. The number of thiazole rings is 1. The molecule has 0 aliphatic carbocycles. The quantitative estimate of drug-likeness (QED) is 0.739. The molecule has 0 radical (unpaired) electrons. The van der Waals surface area contributed by atoms with Crippen LogP contribution in [0.3, 0.4) is 0 Å². The fourth-order valence-electron chi connectivity index (χ4n) is 1.66. The monoisotopic (exact) mass is 240 g/mol. The van der Waals surface area contributed by atoms with Crippen LogP contribution >= 0.6 is 11.3 Å². The molecule has 92 valence electrons. The van der Waals surface area contributed by atoms with E-state index in [-0.39, 0.29) is 0 Å². The van der Waals surface area contributed by atoms with Crippen molar-refractivity contribution in [1.82, 2.24) is 10.3 Å². The second-order valence-electron chi connectivity index (χ2n) is 5.61. The largest absolute Gasteiger partial charge is 0.316 e. The summed E-state index contributed by atoms with van der Waals surface area (Å²) in [6.45, 7) is 11.4. The molecule has 16 heavy (non-hydrogen) atoms. The topological polar surface area (TPSA) is 24.9 Å². The van der Waals surface area contributed by atoms with Crippen molar-refractivity contribution in [3.05, 3.63) is 16.6 Å². The lowest BCUT2D eigenvalue weighted by molar-refractivity contribution is 0.322. The third-order valence-corrected chi connectivity index (χ3v) is 3.42. The van der Waals surface area contributed by atoms with Crippen LogP contribution in [0.2, 0.25) is 0 Å². The Hall–Kier alpha value is -0.410. The van der Waals surface area contributed by atoms with Crippen LogP contribution in [0.25, 0.3) is 0 Å². The van der Waals surface area contributed by atoms with E-state index in [1.807, 2.05) is 6.20 Å². The zero-order valence-corrected chi connectivity index (χ0v) is 11.7. The molecule has 0 saturated heterocycles. The zero-order valence-electron chi connectivity index (χ0n) is 10.9. The van der Waals surface area contributed by atoms with Crippen molar-refractivity contribution in [2.24, 2.45) is 11.3 Å². The molecule has 0 aromatic carbocycles. The minimum atomic E-state index is 0.349. The number of nitrogens with zero attached hydrogens (tertiary/aromatic N) is 1. The van der Waals surface area contributed by atoms with Gasteiger partial charge in [0.05, 0.1) is 5.01 Å². The predicted molar refractivity (Wildman–Crippen MR) is 71.9 cm³/mol. The summed E-state index contributed by atoms with van der Waals surface area (Å²) >= 11 is 1.76. The molecule has 1 rings (SSSR count). The Balaban J connectivity index is 2.23. The lowest BCUT2D eigenvalue weighted by atomic mass is 9.86. The lowest BCUT2D eigenvalue weighted by Gasteiger charge is -2.23. The van der Waals surface area contributed by atoms with Crippen molar-refractivity contribution in [3.8, 4) is 0 Å². The van der Waals surface area contributed by atoms with Crippen LogP contribution in [0.5, 0.6) is 0 Å². The van der Waals surface area contributed by atoms with E-state index in [0.29, 0.717) is 5.41 Å². The Morgan fingerprint density at radius 3 is 2.75 bits per heavy atom. The standard InChI is InChI=1S/C13H24N2S/c1-11(2)10-14-6-5-13(3,4)9-12-15-7-8-16-12/h7-8,11,14H,5-6,9-10H2,1-4H3. The molecule has 1 aromatic heterocycles. The van der Waals surface area contributed by atoms with Crippen molar-refractivity contribution in [2.75, 3.05) is 13.1 Å². The SMILES string of the molecule is CC(C)CNCCC(C)(C)Cc1nccs1. The van der Waals surface area contributed by atoms with Gasteiger partial charge >= 0.3 is 0 Å². The van der Waals surface area contributed by atoms with Crippen LogP contribution in [0.15, 0.2) is 11.6 Å². The molecule has 0 saturated carbocycles. The smallest absolute Gasteiger partial charge is 0.0930 e. The highest BCUT2D eigenvalue weighted by Gasteiger charge is 2.19. The molecule has 1 N–H and O–H groups in total. The van der Waals surface area contributed by atoms with Gasteiger partial charge in [0.2, 0.25) is 0 Å². The van der Waals surface area contributed by atoms with Gasteiger partial charge in [0.1, 0.15) is 0 Å². The third-order valence-electron chi connectivity index (χ3n) is 2.64. The minimum Gasteiger partial charge on any atom is -0.316 e. The number of hydrogen-bond acceptors (Lipinski definition) is 3. The first-order valence-electron chi connectivity index (χ1n) is 6.09. The highest BCUT2D eigenvalue weighted by atomic mass is 32.1. The summed E-state index contributed by atoms with van der Waals surface area (Å²) in [5.74, 6) is 0.738. The summed E-state index contributed by atoms with van der Waals surface area (Å²) in [4.78, 5) is 4.36. The van der Waals surface area contributed by atoms with Gasteiger partial charge < -0.3 is 5.32 Å². The fraction of sp³-hybridized carbons (Fsp3) is 0.769. The summed E-state index contributed by atoms with van der Waals surface area (Å²) in [5, 5.41) is 6.82. The van der Waals surface area contributed by atoms with Crippen molar-refractivity contribution in [2.45, 2.75) is 40.5 Å². The number of rotatable bonds is 7. The Labute approximate surface area is 103 Å². The highest BCUT2D eigenvalue weighted by molar-refractivity contribution is 7.09. The van der Waals surface area contributed by atoms with E-state index in [4.69, 9.17) is 0 Å². The number of hydrogen-bond donors (Lipinski definition) is 1. The molecule has 0 bridgehead atoms. The second kappa shape index (κ2) is 6.36. The maximum absolute atomic E-state index is 4.36. The molecule has 1 aromatic rings. The maximum atomic E-state index is 4.36. The molecule has 0 aliphatic rings. The average molecular weight is 240 g/mol. The zero-order chi connectivity index (χ0) is 12.0. The summed E-state index contributed by atoms with van der Waals surface area (Å²) < 4.78 is 0. The van der Waals surface area contributed by atoms with Gasteiger partial charge in [0.15, 0.2) is 0 Å². The van der Waals surface area contributed by atoms with Crippen LogP contribution < -0.4 is 5.32 Å². The predicted octanol–water partition coefficient (Wildman–Crippen LogP) is 3.35. The van der Waals surface area contributed by atoms with Crippen molar-refractivity contribution in [3.63, 3.8) is 0 Å². The molecule has 1 heterocycles. The molecule has 0 unspecified atom stereocenters. The fourth-order valence-corrected chi connectivity index (χ4v) is 2.53. The third kappa shape index (κ3) is 5.61. The molecule has 0 spiro atoms. The molecule has 0 fully saturated rings. The summed E-state index contributed by atoms with van der Waals surface area (Å²) in [6, 6.07) is 0. The van der Waals surface area contributed by atoms with Gasteiger partial charge in [-0.05, 0) is 30.8 Å². The van der Waals surface area contributed by atoms with Gasteiger partial charge in [-0.3, -0.25) is 0 Å². The van der Waals surface area contributed by atoms with Crippen molar-refractivity contribution in [1.29, 1.82) is 0 Å². The van der Waals surface area contributed by atoms with Gasteiger partial charge in [-0.1, -0.05) is 27.7 Å². The van der Waals surface area contributed by atoms with E-state index >= 15 is 0 Å². The van der Waals surface area contributed by atoms with E-state index < -0.39 is 0 Å². The van der Waals surface area contributed by atoms with Crippen molar-refractivity contribution < 1.29 is 0 Å². The van der Waals surface area contributed by atoms with Crippen LogP contribution in [0.1, 0.15) is 39.1 Å². The first-order valence-corrected chi connectivity index (χ1v) is 6.97. The molecule has 0 atom stereocenters. The maximum Gasteiger partial charge on any atom is 0.0930 e. The Kier molecular flexibility index (Phi) is 5.42. The molecular weight excluding hydrogens is 216 g/mol. The van der Waals surface area contributed by atoms with Crippen LogP contribution in [0.4, 0.5) is 0 Å². The van der Waals surface area contributed by atoms with E-state index in [9.17, 15) is 0 Å². The Morgan fingerprint density at radius 2 is 2.19 bits per heavy atom. The average Bonchev–Trinajstić information content (AvgIpc) is 2.64. The summed E-state index contributed by atoms with van der Waals surface area (Å²) in [5.41, 5.74) is 0.349. The van der Waals surface area contributed by atoms with Crippen LogP contribution in [-0.2, 0) is 6.42 Å². The van der Waals surface area contributed by atoms with E-state index in [0.717, 1.165) is 25.4 Å².